The zero-order chi connectivity index (χ0) is 37.4. The van der Waals surface area contributed by atoms with Crippen LogP contribution in [0.4, 0.5) is 32.0 Å². The minimum atomic E-state index is -5.20. The minimum absolute atomic E-state index is 0.0530. The number of pyridine rings is 1. The molecule has 0 unspecified atom stereocenters. The van der Waals surface area contributed by atoms with Gasteiger partial charge in [-0.1, -0.05) is 25.0 Å². The third kappa shape index (κ3) is 7.74. The summed E-state index contributed by atoms with van der Waals surface area (Å²) >= 11 is 0. The number of phenolic OH excluding ortho intramolecular Hbond substituents is 1. The number of allylic oxidation sites excluding steroid dienone is 2. The number of alkyl halides is 6. The van der Waals surface area contributed by atoms with Crippen molar-refractivity contribution in [3.8, 4) is 5.75 Å². The van der Waals surface area contributed by atoms with Crippen molar-refractivity contribution in [2.75, 3.05) is 11.5 Å². The van der Waals surface area contributed by atoms with Crippen LogP contribution in [0.5, 0.6) is 5.75 Å². The SMILES string of the molecule is CCCC1=C([C@H](O)CC/C(=C/c2cc(C)c(O)c(C)c2)c2ccccn2)[C@H](CO)[C@@H]2C(=O)N(c3cc(C(F)(F)F)cc(C(F)(F)F)c3)C(=O)[C@@H]2C1. The lowest BCUT2D eigenvalue weighted by Gasteiger charge is -2.36. The Bertz CT molecular complexity index is 1810. The van der Waals surface area contributed by atoms with Crippen LogP contribution in [0.15, 0.2) is 65.9 Å². The van der Waals surface area contributed by atoms with E-state index in [2.05, 4.69) is 4.98 Å². The summed E-state index contributed by atoms with van der Waals surface area (Å²) in [7, 11) is 0. The quantitative estimate of drug-likeness (QED) is 0.111. The van der Waals surface area contributed by atoms with Gasteiger partial charge in [0, 0.05) is 12.1 Å². The molecule has 1 aromatic heterocycles. The number of fused-ring (bicyclic) bond motifs is 1. The number of benzene rings is 2. The second-order valence-electron chi connectivity index (χ2n) is 13.2. The topological polar surface area (TPSA) is 111 Å². The molecule has 2 aromatic carbocycles. The Morgan fingerprint density at radius 3 is 2.14 bits per heavy atom. The number of hydrogen-bond donors (Lipinski definition) is 3. The van der Waals surface area contributed by atoms with Gasteiger partial charge in [0.25, 0.3) is 0 Å². The van der Waals surface area contributed by atoms with E-state index >= 15 is 0 Å². The highest BCUT2D eigenvalue weighted by atomic mass is 19.4. The second-order valence-corrected chi connectivity index (χ2v) is 13.2. The van der Waals surface area contributed by atoms with Crippen LogP contribution in [-0.2, 0) is 21.9 Å². The molecule has 0 bridgehead atoms. The van der Waals surface area contributed by atoms with Crippen LogP contribution in [0.1, 0.15) is 72.5 Å². The molecule has 2 heterocycles. The van der Waals surface area contributed by atoms with E-state index in [1.54, 1.807) is 38.2 Å². The van der Waals surface area contributed by atoms with Gasteiger partial charge in [0.05, 0.1) is 47.1 Å². The summed E-state index contributed by atoms with van der Waals surface area (Å²) in [6, 6.07) is 9.59. The number of halogens is 6. The molecule has 5 rings (SSSR count). The Balaban J connectivity index is 1.50. The van der Waals surface area contributed by atoms with Crippen LogP contribution in [-0.4, -0.2) is 44.8 Å². The van der Waals surface area contributed by atoms with E-state index in [-0.39, 0.29) is 31.1 Å². The van der Waals surface area contributed by atoms with Gasteiger partial charge in [0.1, 0.15) is 5.75 Å². The highest BCUT2D eigenvalue weighted by Gasteiger charge is 2.55. The molecule has 1 saturated heterocycles. The Morgan fingerprint density at radius 2 is 1.61 bits per heavy atom. The first-order valence-corrected chi connectivity index (χ1v) is 16.6. The lowest BCUT2D eigenvalue weighted by atomic mass is 9.67. The van der Waals surface area contributed by atoms with Crippen LogP contribution in [0, 0.1) is 31.6 Å². The predicted molar refractivity (Wildman–Crippen MR) is 178 cm³/mol. The molecule has 13 heteroatoms. The number of aromatic nitrogens is 1. The van der Waals surface area contributed by atoms with Crippen LogP contribution >= 0.6 is 0 Å². The molecular formula is C38H38F6N2O5. The molecule has 2 aliphatic rings. The summed E-state index contributed by atoms with van der Waals surface area (Å²) < 4.78 is 82.1. The first-order chi connectivity index (χ1) is 24.0. The van der Waals surface area contributed by atoms with Crippen molar-refractivity contribution in [3.63, 3.8) is 0 Å². The molecule has 3 aromatic rings. The lowest BCUT2D eigenvalue weighted by Crippen LogP contribution is -2.39. The molecule has 0 spiro atoms. The predicted octanol–water partition coefficient (Wildman–Crippen LogP) is 8.04. The fraction of sp³-hybridized carbons (Fsp3) is 0.395. The number of hydrogen-bond acceptors (Lipinski definition) is 6. The fourth-order valence-corrected chi connectivity index (χ4v) is 7.37. The van der Waals surface area contributed by atoms with Gasteiger partial charge >= 0.3 is 12.4 Å². The Labute approximate surface area is 290 Å². The van der Waals surface area contributed by atoms with E-state index < -0.39 is 71.4 Å². The van der Waals surface area contributed by atoms with Gasteiger partial charge < -0.3 is 15.3 Å². The number of amides is 2. The van der Waals surface area contributed by atoms with Crippen molar-refractivity contribution < 1.29 is 51.3 Å². The monoisotopic (exact) mass is 716 g/mol. The number of aliphatic hydroxyl groups is 2. The maximum absolute atomic E-state index is 13.9. The van der Waals surface area contributed by atoms with Crippen molar-refractivity contribution in [2.24, 2.45) is 17.8 Å². The molecule has 2 amide bonds. The van der Waals surface area contributed by atoms with Crippen molar-refractivity contribution in [2.45, 2.75) is 71.3 Å². The van der Waals surface area contributed by atoms with Gasteiger partial charge in [0.15, 0.2) is 0 Å². The molecule has 3 N–H and O–H groups in total. The number of carbonyl (C=O) groups is 2. The molecule has 4 atom stereocenters. The van der Waals surface area contributed by atoms with E-state index in [9.17, 15) is 51.3 Å². The van der Waals surface area contributed by atoms with Gasteiger partial charge in [0.2, 0.25) is 11.8 Å². The van der Waals surface area contributed by atoms with Crippen LogP contribution in [0.3, 0.4) is 0 Å². The summed E-state index contributed by atoms with van der Waals surface area (Å²) in [4.78, 5) is 32.5. The third-order valence-electron chi connectivity index (χ3n) is 9.66. The molecule has 0 saturated carbocycles. The van der Waals surface area contributed by atoms with Crippen molar-refractivity contribution in [3.05, 3.63) is 99.4 Å². The van der Waals surface area contributed by atoms with E-state index in [1.165, 1.54) is 0 Å². The molecule has 7 nitrogen and oxygen atoms in total. The number of aliphatic hydroxyl groups excluding tert-OH is 2. The largest absolute Gasteiger partial charge is 0.507 e. The van der Waals surface area contributed by atoms with Gasteiger partial charge in [-0.3, -0.25) is 14.6 Å². The van der Waals surface area contributed by atoms with Crippen molar-refractivity contribution in [1.82, 2.24) is 4.98 Å². The van der Waals surface area contributed by atoms with E-state index in [4.69, 9.17) is 0 Å². The Hall–Kier alpha value is -4.49. The smallest absolute Gasteiger partial charge is 0.416 e. The van der Waals surface area contributed by atoms with Crippen LogP contribution in [0.25, 0.3) is 11.6 Å². The summed E-state index contributed by atoms with van der Waals surface area (Å²) in [6.07, 6.45) is -6.84. The second kappa shape index (κ2) is 14.6. The van der Waals surface area contributed by atoms with Crippen molar-refractivity contribution in [1.29, 1.82) is 0 Å². The molecule has 1 aliphatic heterocycles. The minimum Gasteiger partial charge on any atom is -0.507 e. The summed E-state index contributed by atoms with van der Waals surface area (Å²) in [5, 5.41) is 32.7. The normalized spacial score (nSPS) is 20.6. The average molecular weight is 717 g/mol. The Kier molecular flexibility index (Phi) is 10.8. The van der Waals surface area contributed by atoms with Crippen molar-refractivity contribution >= 4 is 29.2 Å². The molecule has 1 fully saturated rings. The van der Waals surface area contributed by atoms with Gasteiger partial charge in [-0.05, 0) is 116 Å². The first kappa shape index (κ1) is 37.8. The Morgan fingerprint density at radius 1 is 0.980 bits per heavy atom. The number of anilines is 1. The van der Waals surface area contributed by atoms with Gasteiger partial charge in [-0.2, -0.15) is 26.3 Å². The third-order valence-corrected chi connectivity index (χ3v) is 9.66. The molecular weight excluding hydrogens is 678 g/mol. The summed E-state index contributed by atoms with van der Waals surface area (Å²) in [5.41, 5.74) is 0.263. The zero-order valence-electron chi connectivity index (χ0n) is 28.1. The number of phenols is 1. The van der Waals surface area contributed by atoms with Gasteiger partial charge in [-0.15, -0.1) is 0 Å². The number of imide groups is 1. The summed E-state index contributed by atoms with van der Waals surface area (Å²) in [6.45, 7) is 4.71. The standard InChI is InChI=1S/C38H38F6N2O5/c1-4-7-24-15-28-33(36(51)46(35(28)50)27-17-25(37(39,40)41)16-26(18-27)38(42,43)44)29(19-47)32(24)31(48)10-9-23(30-8-5-6-11-45-30)14-22-12-20(2)34(49)21(3)13-22/h5-6,8,11-14,16-18,28-29,31,33,47-49H,4,7,9-10,15,19H2,1-3H3/b23-14-/t28-,29+,31-,33-/m1/s1. The van der Waals surface area contributed by atoms with E-state index in [1.807, 2.05) is 25.1 Å². The number of nitrogens with zero attached hydrogens (tertiary/aromatic N) is 2. The summed E-state index contributed by atoms with van der Waals surface area (Å²) in [5.74, 6) is -5.40. The molecule has 272 valence electrons. The highest BCUT2D eigenvalue weighted by molar-refractivity contribution is 6.22. The number of aryl methyl sites for hydroxylation is 2. The number of rotatable bonds is 10. The maximum Gasteiger partial charge on any atom is 0.416 e. The zero-order valence-corrected chi connectivity index (χ0v) is 28.1. The molecule has 51 heavy (non-hydrogen) atoms. The maximum atomic E-state index is 13.9. The average Bonchev–Trinajstić information content (AvgIpc) is 3.32. The highest BCUT2D eigenvalue weighted by Crippen LogP contribution is 2.49. The number of carbonyl (C=O) groups excluding carboxylic acids is 2. The molecule has 0 radical (unpaired) electrons. The van der Waals surface area contributed by atoms with E-state index in [0.717, 1.165) is 11.1 Å². The van der Waals surface area contributed by atoms with Crippen LogP contribution in [0.2, 0.25) is 0 Å². The van der Waals surface area contributed by atoms with Crippen LogP contribution < -0.4 is 4.90 Å². The number of aromatic hydroxyl groups is 1. The lowest BCUT2D eigenvalue weighted by molar-refractivity contribution is -0.143. The molecule has 1 aliphatic carbocycles. The van der Waals surface area contributed by atoms with Gasteiger partial charge in [-0.25, -0.2) is 4.90 Å². The fourth-order valence-electron chi connectivity index (χ4n) is 7.37. The first-order valence-electron chi connectivity index (χ1n) is 16.6. The van der Waals surface area contributed by atoms with E-state index in [0.29, 0.717) is 57.8 Å².